The van der Waals surface area contributed by atoms with Crippen molar-refractivity contribution in [3.8, 4) is 17.5 Å². The van der Waals surface area contributed by atoms with E-state index in [1.54, 1.807) is 0 Å². The van der Waals surface area contributed by atoms with Crippen molar-refractivity contribution in [1.82, 2.24) is 4.90 Å². The molecule has 7 heteroatoms. The van der Waals surface area contributed by atoms with Gasteiger partial charge in [0.1, 0.15) is 11.5 Å². The maximum atomic E-state index is 10.9. The van der Waals surface area contributed by atoms with Crippen LogP contribution in [-0.2, 0) is 6.54 Å². The van der Waals surface area contributed by atoms with Crippen molar-refractivity contribution in [2.45, 2.75) is 62.9 Å². The van der Waals surface area contributed by atoms with Crippen molar-refractivity contribution in [2.24, 2.45) is 0 Å². The Morgan fingerprint density at radius 1 is 0.912 bits per heavy atom. The van der Waals surface area contributed by atoms with E-state index in [0.29, 0.717) is 11.5 Å². The molecule has 6 rings (SSSR count). The molecule has 2 aromatic rings. The number of hydrogen-bond donors (Lipinski definition) is 2. The van der Waals surface area contributed by atoms with Crippen LogP contribution in [0.4, 0.5) is 11.4 Å². The predicted octanol–water partition coefficient (Wildman–Crippen LogP) is 4.17. The molecule has 2 aliphatic heterocycles. The number of piperazine rings is 1. The van der Waals surface area contributed by atoms with Gasteiger partial charge in [0.25, 0.3) is 6.71 Å². The fourth-order valence-corrected chi connectivity index (χ4v) is 6.35. The molecule has 2 N–H and O–H groups in total. The van der Waals surface area contributed by atoms with Gasteiger partial charge in [0.2, 0.25) is 0 Å². The Hall–Kier alpha value is -2.85. The molecule has 0 atom stereocenters. The molecule has 34 heavy (non-hydrogen) atoms. The number of nitriles is 1. The van der Waals surface area contributed by atoms with Crippen molar-refractivity contribution in [3.05, 3.63) is 47.5 Å². The first-order valence-corrected chi connectivity index (χ1v) is 12.7. The second kappa shape index (κ2) is 7.85. The van der Waals surface area contributed by atoms with Crippen molar-refractivity contribution >= 4 is 18.1 Å². The van der Waals surface area contributed by atoms with E-state index < -0.39 is 0 Å². The molecule has 176 valence electrons. The van der Waals surface area contributed by atoms with Crippen LogP contribution in [0.2, 0.25) is 12.6 Å². The van der Waals surface area contributed by atoms with Crippen LogP contribution in [0.1, 0.15) is 36.8 Å². The van der Waals surface area contributed by atoms with E-state index >= 15 is 0 Å². The minimum Gasteiger partial charge on any atom is -0.508 e. The van der Waals surface area contributed by atoms with Gasteiger partial charge in [0.15, 0.2) is 0 Å². The number of hydrogen-bond acceptors (Lipinski definition) is 6. The van der Waals surface area contributed by atoms with Crippen LogP contribution in [0.25, 0.3) is 0 Å². The molecule has 2 aliphatic carbocycles. The number of phenols is 2. The van der Waals surface area contributed by atoms with E-state index in [2.05, 4.69) is 38.9 Å². The summed E-state index contributed by atoms with van der Waals surface area (Å²) in [6.07, 6.45) is 6.51. The molecule has 0 amide bonds. The average Bonchev–Trinajstić information content (AvgIpc) is 3.76. The first-order chi connectivity index (χ1) is 16.4. The summed E-state index contributed by atoms with van der Waals surface area (Å²) in [7, 11) is 0. The number of rotatable bonds is 4. The minimum absolute atomic E-state index is 0.145. The van der Waals surface area contributed by atoms with Gasteiger partial charge < -0.3 is 20.0 Å². The zero-order valence-electron chi connectivity index (χ0n) is 20.0. The SMILES string of the molecule is Cc1ccc(N2CCN(Cc3ccc(N4CCB(C#N)CC45CC5)cc3O)CC23CC3)cc1O. The molecule has 0 unspecified atom stereocenters. The Bertz CT molecular complexity index is 1150. The summed E-state index contributed by atoms with van der Waals surface area (Å²) < 4.78 is 0. The van der Waals surface area contributed by atoms with Crippen LogP contribution < -0.4 is 9.80 Å². The smallest absolute Gasteiger partial charge is 0.271 e. The maximum Gasteiger partial charge on any atom is 0.271 e. The Labute approximate surface area is 202 Å². The zero-order valence-corrected chi connectivity index (χ0v) is 20.0. The molecule has 2 aromatic carbocycles. The van der Waals surface area contributed by atoms with E-state index in [9.17, 15) is 15.5 Å². The molecule has 0 radical (unpaired) electrons. The second-order valence-corrected chi connectivity index (χ2v) is 11.1. The lowest BCUT2D eigenvalue weighted by molar-refractivity contribution is 0.204. The number of phenolic OH excluding ortho intramolecular Hbond substituents is 2. The predicted molar refractivity (Wildman–Crippen MR) is 136 cm³/mol. The topological polar surface area (TPSA) is 74.0 Å². The zero-order chi connectivity index (χ0) is 23.5. The van der Waals surface area contributed by atoms with Gasteiger partial charge in [0.05, 0.1) is 5.54 Å². The molecule has 2 saturated carbocycles. The third kappa shape index (κ3) is 3.69. The lowest BCUT2D eigenvalue weighted by Crippen LogP contribution is -2.54. The van der Waals surface area contributed by atoms with Crippen LogP contribution in [0.5, 0.6) is 11.5 Å². The van der Waals surface area contributed by atoms with Crippen molar-refractivity contribution in [1.29, 1.82) is 5.26 Å². The van der Waals surface area contributed by atoms with Gasteiger partial charge in [-0.3, -0.25) is 4.90 Å². The molecule has 2 spiro atoms. The van der Waals surface area contributed by atoms with Gasteiger partial charge in [-0.2, -0.15) is 0 Å². The standard InChI is InChI=1S/C27H33BN4O2/c1-20-2-4-22(14-24(20)33)32-13-12-30(18-27(32)8-9-27)16-21-3-5-23(15-25(21)34)31-11-10-28(19-29)17-26(31)6-7-26/h2-5,14-15,33-34H,6-13,16-18H2,1H3. The molecule has 4 fully saturated rings. The number of aryl methyl sites for hydroxylation is 1. The van der Waals surface area contributed by atoms with Gasteiger partial charge in [-0.1, -0.05) is 12.1 Å². The first-order valence-electron chi connectivity index (χ1n) is 12.7. The van der Waals surface area contributed by atoms with Gasteiger partial charge in [-0.15, -0.1) is 0 Å². The number of aromatic hydroxyl groups is 2. The second-order valence-electron chi connectivity index (χ2n) is 11.1. The minimum atomic E-state index is 0.145. The normalized spacial score (nSPS) is 22.8. The summed E-state index contributed by atoms with van der Waals surface area (Å²) in [6.45, 7) is 6.59. The van der Waals surface area contributed by atoms with Crippen LogP contribution in [0.3, 0.4) is 0 Å². The molecule has 2 saturated heterocycles. The lowest BCUT2D eigenvalue weighted by Gasteiger charge is -2.44. The van der Waals surface area contributed by atoms with E-state index in [0.717, 1.165) is 80.7 Å². The Kier molecular flexibility index (Phi) is 5.00. The molecule has 0 bridgehead atoms. The van der Waals surface area contributed by atoms with Gasteiger partial charge in [-0.05, 0) is 62.9 Å². The van der Waals surface area contributed by atoms with Crippen LogP contribution >= 0.6 is 0 Å². The van der Waals surface area contributed by atoms with Crippen molar-refractivity contribution in [3.63, 3.8) is 0 Å². The fourth-order valence-electron chi connectivity index (χ4n) is 6.35. The Morgan fingerprint density at radius 3 is 2.24 bits per heavy atom. The summed E-state index contributed by atoms with van der Waals surface area (Å²) in [6, 6.07) is 12.2. The Morgan fingerprint density at radius 2 is 1.59 bits per heavy atom. The highest BCUT2D eigenvalue weighted by Gasteiger charge is 2.53. The molecule has 4 aliphatic rings. The van der Waals surface area contributed by atoms with Gasteiger partial charge >= 0.3 is 0 Å². The number of benzene rings is 2. The maximum absolute atomic E-state index is 10.9. The average molecular weight is 456 g/mol. The summed E-state index contributed by atoms with van der Waals surface area (Å²) in [5, 5.41) is 30.5. The van der Waals surface area contributed by atoms with E-state index in [1.807, 2.05) is 25.1 Å². The molecular formula is C27H33BN4O2. The van der Waals surface area contributed by atoms with Crippen molar-refractivity contribution < 1.29 is 10.2 Å². The van der Waals surface area contributed by atoms with Crippen LogP contribution in [0.15, 0.2) is 36.4 Å². The molecule has 0 aromatic heterocycles. The molecule has 2 heterocycles. The van der Waals surface area contributed by atoms with E-state index in [-0.39, 0.29) is 17.8 Å². The Balaban J connectivity index is 1.14. The number of anilines is 2. The highest BCUT2D eigenvalue weighted by molar-refractivity contribution is 6.67. The summed E-state index contributed by atoms with van der Waals surface area (Å²) in [5.41, 5.74) is 4.40. The lowest BCUT2D eigenvalue weighted by atomic mass is 9.43. The third-order valence-corrected chi connectivity index (χ3v) is 8.75. The van der Waals surface area contributed by atoms with E-state index in [1.165, 1.54) is 12.8 Å². The van der Waals surface area contributed by atoms with Crippen LogP contribution in [0, 0.1) is 18.2 Å². The summed E-state index contributed by atoms with van der Waals surface area (Å²) in [4.78, 5) is 7.39. The molecule has 6 nitrogen and oxygen atoms in total. The van der Waals surface area contributed by atoms with Crippen LogP contribution in [-0.4, -0.2) is 59.1 Å². The monoisotopic (exact) mass is 456 g/mol. The van der Waals surface area contributed by atoms with Gasteiger partial charge in [-0.25, -0.2) is 5.26 Å². The largest absolute Gasteiger partial charge is 0.508 e. The number of nitrogens with zero attached hydrogens (tertiary/aromatic N) is 4. The highest BCUT2D eigenvalue weighted by Crippen LogP contribution is 2.51. The van der Waals surface area contributed by atoms with Crippen molar-refractivity contribution in [2.75, 3.05) is 36.0 Å². The highest BCUT2D eigenvalue weighted by atomic mass is 16.3. The molecular weight excluding hydrogens is 423 g/mol. The fraction of sp³-hybridized carbons (Fsp3) is 0.519. The summed E-state index contributed by atoms with van der Waals surface area (Å²) in [5.74, 6) is 3.22. The van der Waals surface area contributed by atoms with E-state index in [4.69, 9.17) is 0 Å². The summed E-state index contributed by atoms with van der Waals surface area (Å²) >= 11 is 0. The first kappa shape index (κ1) is 21.7. The third-order valence-electron chi connectivity index (χ3n) is 8.75. The quantitative estimate of drug-likeness (QED) is 0.673. The van der Waals surface area contributed by atoms with Gasteiger partial charge in [0, 0.05) is 73.3 Å².